The molecule has 6 nitrogen and oxygen atoms in total. The zero-order valence-corrected chi connectivity index (χ0v) is 13.7. The number of rotatable bonds is 7. The van der Waals surface area contributed by atoms with E-state index in [1.807, 2.05) is 13.8 Å². The average Bonchev–Trinajstić information content (AvgIpc) is 2.85. The zero-order valence-electron chi connectivity index (χ0n) is 13.7. The molecule has 1 aliphatic rings. The Balaban J connectivity index is 1.82. The molecule has 0 aromatic heterocycles. The Bertz CT molecular complexity index is 549. The maximum absolute atomic E-state index is 11.9. The van der Waals surface area contributed by atoms with Crippen molar-refractivity contribution in [3.63, 3.8) is 0 Å². The van der Waals surface area contributed by atoms with E-state index >= 15 is 0 Å². The third kappa shape index (κ3) is 5.33. The minimum absolute atomic E-state index is 0.116. The smallest absolute Gasteiger partial charge is 0.313 e. The number of Topliss-reactive ketones (excluding diaryl/α,β-unsaturated/α-hetero) is 1. The van der Waals surface area contributed by atoms with Crippen molar-refractivity contribution in [3.8, 4) is 5.75 Å². The number of benzene rings is 1. The average molecular weight is 322 g/mol. The lowest BCUT2D eigenvalue weighted by atomic mass is 10.1. The van der Waals surface area contributed by atoms with E-state index < -0.39 is 11.8 Å². The van der Waals surface area contributed by atoms with Crippen LogP contribution in [0.4, 0.5) is 0 Å². The first-order valence-electron chi connectivity index (χ1n) is 7.63. The first kappa shape index (κ1) is 17.4. The predicted octanol–water partition coefficient (Wildman–Crippen LogP) is 2.35. The van der Waals surface area contributed by atoms with E-state index in [0.29, 0.717) is 24.5 Å². The molecule has 1 unspecified atom stereocenters. The quantitative estimate of drug-likeness (QED) is 0.436. The van der Waals surface area contributed by atoms with Crippen LogP contribution in [0.1, 0.15) is 37.6 Å². The van der Waals surface area contributed by atoms with Crippen LogP contribution in [0.3, 0.4) is 0 Å². The Kier molecular flexibility index (Phi) is 5.74. The molecule has 0 aliphatic carbocycles. The van der Waals surface area contributed by atoms with Gasteiger partial charge in [0.05, 0.1) is 13.2 Å². The molecule has 1 aromatic rings. The van der Waals surface area contributed by atoms with Crippen LogP contribution >= 0.6 is 0 Å². The highest BCUT2D eigenvalue weighted by molar-refractivity contribution is 6.05. The van der Waals surface area contributed by atoms with E-state index in [2.05, 4.69) is 0 Å². The summed E-state index contributed by atoms with van der Waals surface area (Å²) in [7, 11) is 0. The highest BCUT2D eigenvalue weighted by Crippen LogP contribution is 2.23. The molecule has 1 saturated heterocycles. The van der Waals surface area contributed by atoms with Gasteiger partial charge in [-0.1, -0.05) is 0 Å². The molecule has 1 atom stereocenters. The van der Waals surface area contributed by atoms with Crippen LogP contribution in [0.2, 0.25) is 0 Å². The van der Waals surface area contributed by atoms with E-state index in [1.165, 1.54) is 0 Å². The van der Waals surface area contributed by atoms with Crippen molar-refractivity contribution in [2.75, 3.05) is 19.8 Å². The normalized spacial score (nSPS) is 19.3. The van der Waals surface area contributed by atoms with Crippen LogP contribution < -0.4 is 4.74 Å². The molecule has 2 rings (SSSR count). The fraction of sp³-hybridized carbons (Fsp3) is 0.529. The van der Waals surface area contributed by atoms with E-state index in [9.17, 15) is 9.59 Å². The van der Waals surface area contributed by atoms with Crippen LogP contribution in [-0.2, 0) is 19.0 Å². The van der Waals surface area contributed by atoms with Crippen LogP contribution in [-0.4, -0.2) is 43.5 Å². The molecule has 0 amide bonds. The third-order valence-electron chi connectivity index (χ3n) is 3.29. The van der Waals surface area contributed by atoms with E-state index in [4.69, 9.17) is 18.9 Å². The molecule has 1 aliphatic heterocycles. The number of carbonyl (C=O) groups is 2. The Morgan fingerprint density at radius 1 is 1.26 bits per heavy atom. The Labute approximate surface area is 135 Å². The fourth-order valence-corrected chi connectivity index (χ4v) is 2.22. The molecule has 0 radical (unpaired) electrons. The summed E-state index contributed by atoms with van der Waals surface area (Å²) in [6.07, 6.45) is -0.369. The van der Waals surface area contributed by atoms with Crippen LogP contribution in [0, 0.1) is 0 Å². The first-order valence-corrected chi connectivity index (χ1v) is 7.63. The van der Waals surface area contributed by atoms with Gasteiger partial charge in [0.15, 0.2) is 11.6 Å². The summed E-state index contributed by atoms with van der Waals surface area (Å²) in [6, 6.07) is 6.65. The second kappa shape index (κ2) is 7.57. The van der Waals surface area contributed by atoms with Gasteiger partial charge in [0, 0.05) is 5.56 Å². The SMILES string of the molecule is CCOC(=O)CC(=O)c1ccc(OCC2COC(C)(C)O2)cc1. The summed E-state index contributed by atoms with van der Waals surface area (Å²) < 4.78 is 21.5. The van der Waals surface area contributed by atoms with Gasteiger partial charge >= 0.3 is 5.97 Å². The largest absolute Gasteiger partial charge is 0.491 e. The topological polar surface area (TPSA) is 71.1 Å². The standard InChI is InChI=1S/C17H22O6/c1-4-20-16(19)9-15(18)12-5-7-13(8-6-12)21-10-14-11-22-17(2,3)23-14/h5-8,14H,4,9-11H2,1-3H3. The third-order valence-corrected chi connectivity index (χ3v) is 3.29. The molecular formula is C17H22O6. The van der Waals surface area contributed by atoms with Crippen molar-refractivity contribution >= 4 is 11.8 Å². The summed E-state index contributed by atoms with van der Waals surface area (Å²) in [5.41, 5.74) is 0.451. The summed E-state index contributed by atoms with van der Waals surface area (Å²) >= 11 is 0. The lowest BCUT2D eigenvalue weighted by Gasteiger charge is -2.17. The maximum atomic E-state index is 11.9. The fourth-order valence-electron chi connectivity index (χ4n) is 2.22. The van der Waals surface area contributed by atoms with E-state index in [0.717, 1.165) is 0 Å². The van der Waals surface area contributed by atoms with Gasteiger partial charge < -0.3 is 18.9 Å². The molecule has 0 saturated carbocycles. The number of hydrogen-bond acceptors (Lipinski definition) is 6. The Morgan fingerprint density at radius 3 is 2.52 bits per heavy atom. The molecule has 1 fully saturated rings. The number of esters is 1. The molecule has 0 N–H and O–H groups in total. The van der Waals surface area contributed by atoms with E-state index in [-0.39, 0.29) is 24.9 Å². The summed E-state index contributed by atoms with van der Waals surface area (Å²) in [5, 5.41) is 0. The zero-order chi connectivity index (χ0) is 16.9. The highest BCUT2D eigenvalue weighted by atomic mass is 16.7. The van der Waals surface area contributed by atoms with Gasteiger partial charge in [-0.25, -0.2) is 0 Å². The summed E-state index contributed by atoms with van der Waals surface area (Å²) in [6.45, 7) is 6.55. The summed E-state index contributed by atoms with van der Waals surface area (Å²) in [5.74, 6) is -0.730. The minimum Gasteiger partial charge on any atom is -0.491 e. The Morgan fingerprint density at radius 2 is 1.96 bits per heavy atom. The van der Waals surface area contributed by atoms with Crippen LogP contribution in [0.25, 0.3) is 0 Å². The molecule has 0 bridgehead atoms. The monoisotopic (exact) mass is 322 g/mol. The van der Waals surface area contributed by atoms with Gasteiger partial charge in [0.1, 0.15) is 24.9 Å². The van der Waals surface area contributed by atoms with Gasteiger partial charge in [-0.2, -0.15) is 0 Å². The Hall–Kier alpha value is -1.92. The van der Waals surface area contributed by atoms with Gasteiger partial charge in [-0.05, 0) is 45.0 Å². The molecule has 126 valence electrons. The second-order valence-electron chi connectivity index (χ2n) is 5.69. The molecule has 23 heavy (non-hydrogen) atoms. The number of ketones is 1. The van der Waals surface area contributed by atoms with Gasteiger partial charge in [0.25, 0.3) is 0 Å². The number of ether oxygens (including phenoxy) is 4. The van der Waals surface area contributed by atoms with Crippen molar-refractivity contribution in [2.45, 2.75) is 39.1 Å². The van der Waals surface area contributed by atoms with Gasteiger partial charge in [-0.3, -0.25) is 9.59 Å². The summed E-state index contributed by atoms with van der Waals surface area (Å²) in [4.78, 5) is 23.2. The van der Waals surface area contributed by atoms with Gasteiger partial charge in [0.2, 0.25) is 0 Å². The molecule has 1 heterocycles. The minimum atomic E-state index is -0.572. The van der Waals surface area contributed by atoms with Gasteiger partial charge in [-0.15, -0.1) is 0 Å². The predicted molar refractivity (Wildman–Crippen MR) is 82.4 cm³/mol. The van der Waals surface area contributed by atoms with Crippen molar-refractivity contribution < 1.29 is 28.5 Å². The molecule has 1 aromatic carbocycles. The van der Waals surface area contributed by atoms with Crippen molar-refractivity contribution in [2.24, 2.45) is 0 Å². The molecular weight excluding hydrogens is 300 g/mol. The lowest BCUT2D eigenvalue weighted by Crippen LogP contribution is -2.25. The highest BCUT2D eigenvalue weighted by Gasteiger charge is 2.32. The number of hydrogen-bond donors (Lipinski definition) is 0. The maximum Gasteiger partial charge on any atom is 0.313 e. The first-order chi connectivity index (χ1) is 10.9. The van der Waals surface area contributed by atoms with Crippen LogP contribution in [0.5, 0.6) is 5.75 Å². The van der Waals surface area contributed by atoms with Crippen LogP contribution in [0.15, 0.2) is 24.3 Å². The lowest BCUT2D eigenvalue weighted by molar-refractivity contribution is -0.142. The van der Waals surface area contributed by atoms with Crippen molar-refractivity contribution in [3.05, 3.63) is 29.8 Å². The van der Waals surface area contributed by atoms with E-state index in [1.54, 1.807) is 31.2 Å². The molecule has 6 heteroatoms. The second-order valence-corrected chi connectivity index (χ2v) is 5.69. The molecule has 0 spiro atoms. The van der Waals surface area contributed by atoms with Crippen molar-refractivity contribution in [1.29, 1.82) is 0 Å². The van der Waals surface area contributed by atoms with Crippen molar-refractivity contribution in [1.82, 2.24) is 0 Å². The number of carbonyl (C=O) groups excluding carboxylic acids is 2.